The fourth-order valence-electron chi connectivity index (χ4n) is 2.48. The Morgan fingerprint density at radius 3 is 2.82 bits per heavy atom. The van der Waals surface area contributed by atoms with Crippen molar-refractivity contribution in [3.63, 3.8) is 0 Å². The fourth-order valence-corrected chi connectivity index (χ4v) is 4.00. The van der Waals surface area contributed by atoms with Crippen LogP contribution in [0.2, 0.25) is 0 Å². The van der Waals surface area contributed by atoms with Crippen LogP contribution in [0.4, 0.5) is 0 Å². The quantitative estimate of drug-likeness (QED) is 0.740. The molecule has 0 radical (unpaired) electrons. The minimum atomic E-state index is -3.12. The lowest BCUT2D eigenvalue weighted by Gasteiger charge is -2.25. The highest BCUT2D eigenvalue weighted by atomic mass is 32.2. The van der Waals surface area contributed by atoms with Crippen LogP contribution in [0.1, 0.15) is 32.1 Å². The van der Waals surface area contributed by atoms with E-state index >= 15 is 0 Å². The lowest BCUT2D eigenvalue weighted by molar-refractivity contribution is 0.454. The normalized spacial score (nSPS) is 30.4. The zero-order valence-corrected chi connectivity index (χ0v) is 11.0. The highest BCUT2D eigenvalue weighted by Gasteiger charge is 2.27. The zero-order valence-electron chi connectivity index (χ0n) is 10.2. The van der Waals surface area contributed by atoms with E-state index in [0.29, 0.717) is 19.0 Å². The second-order valence-corrected chi connectivity index (χ2v) is 7.06. The highest BCUT2D eigenvalue weighted by molar-refractivity contribution is 7.90. The maximum Gasteiger partial charge on any atom is 0.215 e. The van der Waals surface area contributed by atoms with Crippen LogP contribution >= 0.6 is 0 Å². The molecule has 0 aromatic carbocycles. The number of nitrogens with one attached hydrogen (secondary N) is 2. The molecule has 98 valence electrons. The summed E-state index contributed by atoms with van der Waals surface area (Å²) >= 11 is 0. The number of rotatable bonds is 4. The number of hydrogen-bond acceptors (Lipinski definition) is 3. The molecule has 1 aliphatic carbocycles. The number of hydrogen-bond donors (Lipinski definition) is 2. The van der Waals surface area contributed by atoms with E-state index in [1.165, 1.54) is 0 Å². The van der Waals surface area contributed by atoms with E-state index in [9.17, 15) is 8.42 Å². The zero-order chi connectivity index (χ0) is 12.1. The Balaban J connectivity index is 1.81. The predicted octanol–water partition coefficient (Wildman–Crippen LogP) is 1.01. The van der Waals surface area contributed by atoms with Gasteiger partial charge in [-0.05, 0) is 44.6 Å². The summed E-state index contributed by atoms with van der Waals surface area (Å²) in [7, 11) is -3.12. The maximum absolute atomic E-state index is 12.1. The average Bonchev–Trinajstić information content (AvgIpc) is 2.39. The third kappa shape index (κ3) is 3.79. The molecule has 2 aliphatic rings. The van der Waals surface area contributed by atoms with Crippen molar-refractivity contribution in [2.75, 3.05) is 19.6 Å². The molecule has 2 rings (SSSR count). The SMILES string of the molecule is O=S(=O)(NCC1CC=CCC1)C1CCCNC1. The Hall–Kier alpha value is -0.390. The molecule has 1 fully saturated rings. The summed E-state index contributed by atoms with van der Waals surface area (Å²) in [5.74, 6) is 0.478. The molecule has 2 atom stereocenters. The monoisotopic (exact) mass is 258 g/mol. The van der Waals surface area contributed by atoms with Crippen molar-refractivity contribution in [1.29, 1.82) is 0 Å². The number of sulfonamides is 1. The van der Waals surface area contributed by atoms with Gasteiger partial charge in [0.25, 0.3) is 0 Å². The van der Waals surface area contributed by atoms with Gasteiger partial charge in [0.1, 0.15) is 0 Å². The first-order chi connectivity index (χ1) is 8.18. The fraction of sp³-hybridized carbons (Fsp3) is 0.833. The van der Waals surface area contributed by atoms with Gasteiger partial charge in [0.15, 0.2) is 0 Å². The van der Waals surface area contributed by atoms with Crippen molar-refractivity contribution in [3.8, 4) is 0 Å². The van der Waals surface area contributed by atoms with Crippen LogP contribution in [-0.2, 0) is 10.0 Å². The van der Waals surface area contributed by atoms with E-state index in [1.54, 1.807) is 0 Å². The molecule has 0 spiro atoms. The summed E-state index contributed by atoms with van der Waals surface area (Å²) in [6.45, 7) is 2.14. The van der Waals surface area contributed by atoms with E-state index < -0.39 is 10.0 Å². The summed E-state index contributed by atoms with van der Waals surface area (Å²) < 4.78 is 26.9. The molecule has 0 aromatic heterocycles. The summed E-state index contributed by atoms with van der Waals surface area (Å²) in [5, 5.41) is 2.91. The molecule has 1 aliphatic heterocycles. The minimum Gasteiger partial charge on any atom is -0.315 e. The smallest absolute Gasteiger partial charge is 0.215 e. The van der Waals surface area contributed by atoms with Crippen molar-refractivity contribution >= 4 is 10.0 Å². The second-order valence-electron chi connectivity index (χ2n) is 5.01. The third-order valence-electron chi connectivity index (χ3n) is 3.64. The Labute approximate surface area is 104 Å². The van der Waals surface area contributed by atoms with Gasteiger partial charge in [0.05, 0.1) is 5.25 Å². The van der Waals surface area contributed by atoms with Crippen LogP contribution in [0, 0.1) is 5.92 Å². The molecule has 4 nitrogen and oxygen atoms in total. The molecule has 1 heterocycles. The molecule has 5 heteroatoms. The second kappa shape index (κ2) is 5.98. The molecule has 2 unspecified atom stereocenters. The molecular weight excluding hydrogens is 236 g/mol. The van der Waals surface area contributed by atoms with Crippen molar-refractivity contribution in [3.05, 3.63) is 12.2 Å². The van der Waals surface area contributed by atoms with Crippen LogP contribution in [0.5, 0.6) is 0 Å². The molecule has 2 N–H and O–H groups in total. The summed E-state index contributed by atoms with van der Waals surface area (Å²) in [6.07, 6.45) is 9.26. The van der Waals surface area contributed by atoms with Gasteiger partial charge in [0, 0.05) is 13.1 Å². The summed E-state index contributed by atoms with van der Waals surface area (Å²) in [6, 6.07) is 0. The summed E-state index contributed by atoms with van der Waals surface area (Å²) in [5.41, 5.74) is 0. The third-order valence-corrected chi connectivity index (χ3v) is 5.49. The van der Waals surface area contributed by atoms with Crippen molar-refractivity contribution in [1.82, 2.24) is 10.0 Å². The van der Waals surface area contributed by atoms with Gasteiger partial charge in [0.2, 0.25) is 10.0 Å². The molecular formula is C12H22N2O2S. The Bertz CT molecular complexity index is 359. The van der Waals surface area contributed by atoms with Crippen molar-refractivity contribution in [2.24, 2.45) is 5.92 Å². The van der Waals surface area contributed by atoms with E-state index in [-0.39, 0.29) is 5.25 Å². The van der Waals surface area contributed by atoms with Gasteiger partial charge in [-0.1, -0.05) is 12.2 Å². The Morgan fingerprint density at radius 2 is 2.18 bits per heavy atom. The van der Waals surface area contributed by atoms with Gasteiger partial charge in [-0.25, -0.2) is 13.1 Å². The molecule has 17 heavy (non-hydrogen) atoms. The average molecular weight is 258 g/mol. The molecule has 0 aromatic rings. The first-order valence-corrected chi connectivity index (χ1v) is 8.07. The predicted molar refractivity (Wildman–Crippen MR) is 69.3 cm³/mol. The van der Waals surface area contributed by atoms with Gasteiger partial charge in [-0.15, -0.1) is 0 Å². The van der Waals surface area contributed by atoms with E-state index in [1.807, 2.05) is 0 Å². The van der Waals surface area contributed by atoms with Crippen LogP contribution in [0.3, 0.4) is 0 Å². The lowest BCUT2D eigenvalue weighted by Crippen LogP contribution is -2.45. The molecule has 1 saturated heterocycles. The molecule has 0 bridgehead atoms. The number of piperidine rings is 1. The summed E-state index contributed by atoms with van der Waals surface area (Å²) in [4.78, 5) is 0. The van der Waals surface area contributed by atoms with Crippen LogP contribution in [-0.4, -0.2) is 33.3 Å². The van der Waals surface area contributed by atoms with Gasteiger partial charge >= 0.3 is 0 Å². The first-order valence-electron chi connectivity index (χ1n) is 6.52. The van der Waals surface area contributed by atoms with Crippen LogP contribution < -0.4 is 10.0 Å². The number of allylic oxidation sites excluding steroid dienone is 2. The van der Waals surface area contributed by atoms with E-state index in [4.69, 9.17) is 0 Å². The highest BCUT2D eigenvalue weighted by Crippen LogP contribution is 2.18. The van der Waals surface area contributed by atoms with Crippen molar-refractivity contribution in [2.45, 2.75) is 37.4 Å². The van der Waals surface area contributed by atoms with E-state index in [2.05, 4.69) is 22.2 Å². The van der Waals surface area contributed by atoms with Crippen molar-refractivity contribution < 1.29 is 8.42 Å². The van der Waals surface area contributed by atoms with Crippen LogP contribution in [0.25, 0.3) is 0 Å². The largest absolute Gasteiger partial charge is 0.315 e. The van der Waals surface area contributed by atoms with Gasteiger partial charge in [-0.3, -0.25) is 0 Å². The maximum atomic E-state index is 12.1. The Kier molecular flexibility index (Phi) is 4.59. The lowest BCUT2D eigenvalue weighted by atomic mass is 9.95. The minimum absolute atomic E-state index is 0.240. The van der Waals surface area contributed by atoms with Gasteiger partial charge < -0.3 is 5.32 Å². The van der Waals surface area contributed by atoms with Crippen LogP contribution in [0.15, 0.2) is 12.2 Å². The van der Waals surface area contributed by atoms with Gasteiger partial charge in [-0.2, -0.15) is 0 Å². The molecule has 0 amide bonds. The first kappa shape index (κ1) is 13.1. The topological polar surface area (TPSA) is 58.2 Å². The standard InChI is InChI=1S/C12H22N2O2S/c15-17(16,12-7-4-8-13-10-12)14-9-11-5-2-1-3-6-11/h1-2,11-14H,3-10H2. The van der Waals surface area contributed by atoms with E-state index in [0.717, 1.165) is 38.6 Å². The Morgan fingerprint density at radius 1 is 1.29 bits per heavy atom. The molecule has 0 saturated carbocycles.